The van der Waals surface area contributed by atoms with E-state index in [2.05, 4.69) is 68.2 Å². The molecule has 0 aromatic carbocycles. The van der Waals surface area contributed by atoms with Crippen LogP contribution < -0.4 is 9.83 Å². The number of carbonyl (C=O) groups is 2. The molecule has 32 heavy (non-hydrogen) atoms. The zero-order valence-corrected chi connectivity index (χ0v) is 26.2. The quantitative estimate of drug-likeness (QED) is 0.344. The van der Waals surface area contributed by atoms with Gasteiger partial charge in [-0.05, 0) is 0 Å². The van der Waals surface area contributed by atoms with E-state index in [0.717, 1.165) is 0 Å². The number of amides is 2. The van der Waals surface area contributed by atoms with Crippen molar-refractivity contribution >= 4 is 54.8 Å². The maximum absolute atomic E-state index is 11.8. The van der Waals surface area contributed by atoms with E-state index >= 15 is 0 Å². The normalized spacial score (nSPS) is 23.8. The monoisotopic (exact) mass is 626 g/mol. The topological polar surface area (TPSA) is 97.1 Å². The number of carbonyl (C=O) groups excluding carboxylic acids is 2. The molecule has 0 bridgehead atoms. The van der Waals surface area contributed by atoms with Gasteiger partial charge >= 0.3 is 210 Å². The second kappa shape index (κ2) is 10.7. The van der Waals surface area contributed by atoms with Gasteiger partial charge in [-0.2, -0.15) is 0 Å². The number of hydrogen-bond acceptors (Lipinski definition) is 6. The Kier molecular flexibility index (Phi) is 10.3. The molecule has 0 atom stereocenters. The van der Waals surface area contributed by atoms with E-state index in [1.807, 2.05) is 41.5 Å². The molecule has 0 unspecified atom stereocenters. The summed E-state index contributed by atoms with van der Waals surface area (Å²) in [4.78, 5) is 23.7. The van der Waals surface area contributed by atoms with E-state index in [1.165, 1.54) is 0 Å². The Morgan fingerprint density at radius 2 is 1.22 bits per heavy atom. The summed E-state index contributed by atoms with van der Waals surface area (Å²) < 4.78 is 25.4. The van der Waals surface area contributed by atoms with E-state index in [4.69, 9.17) is 18.1 Å². The average molecular weight is 624 g/mol. The molecule has 0 saturated carbocycles. The Labute approximate surface area is 209 Å². The summed E-state index contributed by atoms with van der Waals surface area (Å²) in [7, 11) is 0. The number of hydrogen-bond donors (Lipinski definition) is 2. The fraction of sp³-hybridized carbons (Fsp3) is 0.900. The Morgan fingerprint density at radius 3 is 1.56 bits per heavy atom. The Bertz CT molecular complexity index is 788. The summed E-state index contributed by atoms with van der Waals surface area (Å²) >= 11 is 5.74. The zero-order valence-electron chi connectivity index (χ0n) is 21.0. The molecular formula is C20H40N2O6P2Se2. The van der Waals surface area contributed by atoms with Crippen molar-refractivity contribution in [2.45, 2.75) is 69.2 Å². The zero-order chi connectivity index (χ0) is 25.2. The fourth-order valence-corrected chi connectivity index (χ4v) is 7.93. The molecule has 0 aromatic rings. The Balaban J connectivity index is 0.000000320. The third-order valence-electron chi connectivity index (χ3n) is 4.34. The third-order valence-corrected chi connectivity index (χ3v) is 11.0. The molecule has 2 fully saturated rings. The van der Waals surface area contributed by atoms with Crippen LogP contribution in [0.5, 0.6) is 0 Å². The molecule has 2 aliphatic heterocycles. The van der Waals surface area contributed by atoms with Gasteiger partial charge in [-0.1, -0.05) is 0 Å². The van der Waals surface area contributed by atoms with Crippen LogP contribution in [-0.2, 0) is 27.7 Å². The van der Waals surface area contributed by atoms with Crippen molar-refractivity contribution in [3.63, 3.8) is 0 Å². The van der Waals surface area contributed by atoms with E-state index < -0.39 is 23.1 Å². The van der Waals surface area contributed by atoms with Crippen molar-refractivity contribution in [2.24, 2.45) is 21.7 Å². The van der Waals surface area contributed by atoms with Crippen LogP contribution in [0.2, 0.25) is 0 Å². The van der Waals surface area contributed by atoms with Gasteiger partial charge in [0.25, 0.3) is 0 Å². The summed E-state index contributed by atoms with van der Waals surface area (Å²) in [6.07, 6.45) is -4.64. The Morgan fingerprint density at radius 1 is 0.844 bits per heavy atom. The first-order chi connectivity index (χ1) is 14.1. The van der Waals surface area contributed by atoms with Crippen molar-refractivity contribution in [1.82, 2.24) is 5.09 Å². The van der Waals surface area contributed by atoms with Gasteiger partial charge in [-0.3, -0.25) is 0 Å². The van der Waals surface area contributed by atoms with Crippen molar-refractivity contribution in [1.29, 1.82) is 0 Å². The summed E-state index contributed by atoms with van der Waals surface area (Å²) in [5.74, 6) is -0.112. The summed E-state index contributed by atoms with van der Waals surface area (Å²) in [5, 5.41) is 2.85. The molecule has 2 aliphatic rings. The molecule has 0 spiro atoms. The van der Waals surface area contributed by atoms with Crippen LogP contribution in [0.4, 0.5) is 0 Å². The van der Waals surface area contributed by atoms with Crippen molar-refractivity contribution in [3.8, 4) is 0 Å². The molecular weight excluding hydrogens is 584 g/mol. The number of rotatable bonds is 1. The molecule has 0 aliphatic carbocycles. The van der Waals surface area contributed by atoms with Crippen LogP contribution >= 0.6 is 12.3 Å². The molecule has 2 rings (SSSR count). The van der Waals surface area contributed by atoms with E-state index in [-0.39, 0.29) is 22.6 Å². The second-order valence-electron chi connectivity index (χ2n) is 11.8. The standard InChI is InChI=1S/2C10H20NO3PSe/c2*1-9(2,3)8(12)11-15(16)13-6-10(4,5)7-14-15/h2*6-7H2,1-5H3,(H,11,12,16). The molecule has 12 heteroatoms. The van der Waals surface area contributed by atoms with Crippen molar-refractivity contribution in [2.75, 3.05) is 26.4 Å². The summed E-state index contributed by atoms with van der Waals surface area (Å²) in [6, 6.07) is 0. The fourth-order valence-electron chi connectivity index (χ4n) is 1.91. The first kappa shape index (κ1) is 30.7. The molecule has 0 aromatic heterocycles. The summed E-state index contributed by atoms with van der Waals surface area (Å²) in [5.41, 5.74) is -0.841. The maximum atomic E-state index is 11.8. The van der Waals surface area contributed by atoms with Gasteiger partial charge in [0.1, 0.15) is 0 Å². The van der Waals surface area contributed by atoms with Gasteiger partial charge in [0.2, 0.25) is 0 Å². The van der Waals surface area contributed by atoms with Crippen LogP contribution in [0, 0.1) is 21.7 Å². The van der Waals surface area contributed by atoms with Crippen LogP contribution in [0.25, 0.3) is 0 Å². The average Bonchev–Trinajstić information content (AvgIpc) is 2.60. The minimum atomic E-state index is -2.32. The number of nitrogens with one attached hydrogen (secondary N) is 2. The van der Waals surface area contributed by atoms with E-state index in [0.29, 0.717) is 26.4 Å². The van der Waals surface area contributed by atoms with Crippen molar-refractivity contribution < 1.29 is 32.4 Å². The van der Waals surface area contributed by atoms with Crippen LogP contribution in [0.3, 0.4) is 0 Å². The summed E-state index contributed by atoms with van der Waals surface area (Å²) in [6.45, 7) is 21.8. The Hall–Kier alpha value is 0.679. The van der Waals surface area contributed by atoms with Gasteiger partial charge in [0.15, 0.2) is 0 Å². The predicted molar refractivity (Wildman–Crippen MR) is 130 cm³/mol. The second-order valence-corrected chi connectivity index (χ2v) is 21.3. The van der Waals surface area contributed by atoms with Gasteiger partial charge in [-0.15, -0.1) is 0 Å². The van der Waals surface area contributed by atoms with Gasteiger partial charge in [-0.25, -0.2) is 0 Å². The van der Waals surface area contributed by atoms with E-state index in [9.17, 15) is 9.59 Å². The van der Waals surface area contributed by atoms with Gasteiger partial charge in [0, 0.05) is 0 Å². The molecule has 0 radical (unpaired) electrons. The van der Waals surface area contributed by atoms with Crippen molar-refractivity contribution in [3.05, 3.63) is 0 Å². The molecule has 2 saturated heterocycles. The van der Waals surface area contributed by atoms with Crippen LogP contribution in [0.1, 0.15) is 69.2 Å². The third kappa shape index (κ3) is 10.5. The molecule has 2 amide bonds. The first-order valence-corrected chi connectivity index (χ1v) is 18.2. The molecule has 188 valence electrons. The minimum absolute atomic E-state index is 0.0137. The first-order valence-electron chi connectivity index (χ1n) is 10.5. The SMILES string of the molecule is CC1(C)COP(=[Se])(NC(=O)C(C)(C)C)OC1.CC1(C)COP([Se-])(=[NH+]C(=O)C(C)(C)C)OC1. The van der Waals surface area contributed by atoms with Crippen LogP contribution in [0.15, 0.2) is 0 Å². The van der Waals surface area contributed by atoms with E-state index in [1.54, 1.807) is 0 Å². The van der Waals surface area contributed by atoms with Gasteiger partial charge < -0.3 is 0 Å². The van der Waals surface area contributed by atoms with Crippen LogP contribution in [-0.4, -0.2) is 68.9 Å². The molecule has 2 N–H and O–H groups in total. The predicted octanol–water partition coefficient (Wildman–Crippen LogP) is 2.90. The van der Waals surface area contributed by atoms with Gasteiger partial charge in [0.05, 0.1) is 0 Å². The molecule has 8 nitrogen and oxygen atoms in total. The molecule has 2 heterocycles.